The summed E-state index contributed by atoms with van der Waals surface area (Å²) in [6, 6.07) is 2.44. The minimum Gasteiger partial charge on any atom is -0.480 e. The van der Waals surface area contributed by atoms with E-state index in [4.69, 9.17) is 4.74 Å². The van der Waals surface area contributed by atoms with Gasteiger partial charge < -0.3 is 14.4 Å². The van der Waals surface area contributed by atoms with E-state index in [0.717, 1.165) is 18.7 Å². The van der Waals surface area contributed by atoms with Crippen molar-refractivity contribution < 1.29 is 14.6 Å². The molecular weight excluding hydrogens is 284 g/mol. The van der Waals surface area contributed by atoms with Gasteiger partial charge in [0.05, 0.1) is 13.2 Å². The smallest absolute Gasteiger partial charge is 0.326 e. The first-order valence-corrected chi connectivity index (χ1v) is 7.71. The SMILES string of the molecule is CC(C)CC(C(=O)O)n1cc(CN2CCOCC2)ccc1=O. The van der Waals surface area contributed by atoms with E-state index in [-0.39, 0.29) is 11.5 Å². The monoisotopic (exact) mass is 308 g/mol. The van der Waals surface area contributed by atoms with Gasteiger partial charge in [-0.3, -0.25) is 9.69 Å². The van der Waals surface area contributed by atoms with Crippen LogP contribution in [0.15, 0.2) is 23.1 Å². The van der Waals surface area contributed by atoms with Crippen LogP contribution in [-0.4, -0.2) is 46.8 Å². The predicted octanol–water partition coefficient (Wildman–Crippen LogP) is 1.35. The molecule has 0 spiro atoms. The lowest BCUT2D eigenvalue weighted by atomic mass is 10.0. The van der Waals surface area contributed by atoms with Crippen molar-refractivity contribution >= 4 is 5.97 Å². The topological polar surface area (TPSA) is 71.8 Å². The third-order valence-electron chi connectivity index (χ3n) is 3.82. The maximum absolute atomic E-state index is 12.1. The largest absolute Gasteiger partial charge is 0.480 e. The van der Waals surface area contributed by atoms with Crippen LogP contribution in [0.2, 0.25) is 0 Å². The van der Waals surface area contributed by atoms with Crippen molar-refractivity contribution in [2.45, 2.75) is 32.9 Å². The van der Waals surface area contributed by atoms with Crippen molar-refractivity contribution in [3.05, 3.63) is 34.2 Å². The van der Waals surface area contributed by atoms with Gasteiger partial charge in [0.15, 0.2) is 0 Å². The van der Waals surface area contributed by atoms with Gasteiger partial charge in [-0.25, -0.2) is 4.79 Å². The second-order valence-corrected chi connectivity index (χ2v) is 6.15. The number of hydrogen-bond donors (Lipinski definition) is 1. The summed E-state index contributed by atoms with van der Waals surface area (Å²) in [4.78, 5) is 25.8. The molecule has 0 aliphatic carbocycles. The Morgan fingerprint density at radius 2 is 2.00 bits per heavy atom. The molecule has 1 aliphatic heterocycles. The molecule has 2 heterocycles. The number of morpholine rings is 1. The summed E-state index contributed by atoms with van der Waals surface area (Å²) >= 11 is 0. The predicted molar refractivity (Wildman–Crippen MR) is 82.9 cm³/mol. The highest BCUT2D eigenvalue weighted by Crippen LogP contribution is 2.17. The lowest BCUT2D eigenvalue weighted by molar-refractivity contribution is -0.141. The number of aromatic nitrogens is 1. The van der Waals surface area contributed by atoms with Gasteiger partial charge in [0.1, 0.15) is 6.04 Å². The van der Waals surface area contributed by atoms with Crippen LogP contribution >= 0.6 is 0 Å². The summed E-state index contributed by atoms with van der Waals surface area (Å²) < 4.78 is 6.68. The molecule has 6 nitrogen and oxygen atoms in total. The molecule has 1 aliphatic rings. The molecule has 1 atom stereocenters. The van der Waals surface area contributed by atoms with E-state index in [1.165, 1.54) is 10.6 Å². The lowest BCUT2D eigenvalue weighted by Gasteiger charge is -2.27. The molecular formula is C16H24N2O4. The fraction of sp³-hybridized carbons (Fsp3) is 0.625. The van der Waals surface area contributed by atoms with Gasteiger partial charge in [-0.15, -0.1) is 0 Å². The molecule has 0 aromatic carbocycles. The summed E-state index contributed by atoms with van der Waals surface area (Å²) in [6.07, 6.45) is 2.13. The molecule has 1 aromatic heterocycles. The van der Waals surface area contributed by atoms with E-state index in [9.17, 15) is 14.7 Å². The molecule has 0 bridgehead atoms. The molecule has 0 amide bonds. The van der Waals surface area contributed by atoms with Crippen molar-refractivity contribution in [3.63, 3.8) is 0 Å². The zero-order chi connectivity index (χ0) is 16.1. The van der Waals surface area contributed by atoms with Crippen molar-refractivity contribution in [3.8, 4) is 0 Å². The van der Waals surface area contributed by atoms with Gasteiger partial charge in [0.25, 0.3) is 5.56 Å². The molecule has 1 unspecified atom stereocenters. The number of ether oxygens (including phenoxy) is 1. The van der Waals surface area contributed by atoms with E-state index in [1.807, 2.05) is 13.8 Å². The zero-order valence-electron chi connectivity index (χ0n) is 13.2. The van der Waals surface area contributed by atoms with Crippen molar-refractivity contribution in [1.29, 1.82) is 0 Å². The molecule has 122 valence electrons. The second kappa shape index (κ2) is 7.56. The number of carboxylic acids is 1. The number of hydrogen-bond acceptors (Lipinski definition) is 4. The number of aliphatic carboxylic acids is 1. The maximum atomic E-state index is 12.1. The van der Waals surface area contributed by atoms with Crippen LogP contribution in [-0.2, 0) is 16.1 Å². The van der Waals surface area contributed by atoms with Crippen LogP contribution < -0.4 is 5.56 Å². The van der Waals surface area contributed by atoms with Crippen LogP contribution in [0.3, 0.4) is 0 Å². The quantitative estimate of drug-likeness (QED) is 0.859. The van der Waals surface area contributed by atoms with Gasteiger partial charge in [0, 0.05) is 31.9 Å². The summed E-state index contributed by atoms with van der Waals surface area (Å²) in [5, 5.41) is 9.43. The lowest BCUT2D eigenvalue weighted by Crippen LogP contribution is -2.36. The van der Waals surface area contributed by atoms with Crippen LogP contribution in [0, 0.1) is 5.92 Å². The average Bonchev–Trinajstić information content (AvgIpc) is 2.48. The fourth-order valence-corrected chi connectivity index (χ4v) is 2.68. The van der Waals surface area contributed by atoms with Crippen LogP contribution in [0.25, 0.3) is 0 Å². The Bertz CT molecular complexity index is 562. The Balaban J connectivity index is 2.20. The van der Waals surface area contributed by atoms with E-state index < -0.39 is 12.0 Å². The molecule has 22 heavy (non-hydrogen) atoms. The first kappa shape index (κ1) is 16.7. The summed E-state index contributed by atoms with van der Waals surface area (Å²) in [7, 11) is 0. The zero-order valence-corrected chi connectivity index (χ0v) is 13.2. The molecule has 1 aromatic rings. The Morgan fingerprint density at radius 3 is 2.59 bits per heavy atom. The molecule has 2 rings (SSSR count). The molecule has 0 radical (unpaired) electrons. The Morgan fingerprint density at radius 1 is 1.32 bits per heavy atom. The normalized spacial score (nSPS) is 17.6. The van der Waals surface area contributed by atoms with Gasteiger partial charge in [-0.05, 0) is 17.9 Å². The van der Waals surface area contributed by atoms with Crippen molar-refractivity contribution in [2.24, 2.45) is 5.92 Å². The number of rotatable bonds is 6. The minimum absolute atomic E-state index is 0.205. The first-order chi connectivity index (χ1) is 10.5. The molecule has 6 heteroatoms. The molecule has 1 saturated heterocycles. The minimum atomic E-state index is -0.959. The highest BCUT2D eigenvalue weighted by Gasteiger charge is 2.22. The highest BCUT2D eigenvalue weighted by molar-refractivity contribution is 5.71. The maximum Gasteiger partial charge on any atom is 0.326 e. The van der Waals surface area contributed by atoms with Crippen LogP contribution in [0.4, 0.5) is 0 Å². The molecule has 1 N–H and O–H groups in total. The van der Waals surface area contributed by atoms with E-state index in [0.29, 0.717) is 26.2 Å². The van der Waals surface area contributed by atoms with Crippen LogP contribution in [0.5, 0.6) is 0 Å². The Labute approximate surface area is 130 Å². The van der Waals surface area contributed by atoms with Crippen molar-refractivity contribution in [1.82, 2.24) is 9.47 Å². The van der Waals surface area contributed by atoms with Gasteiger partial charge in [-0.2, -0.15) is 0 Å². The third-order valence-corrected chi connectivity index (χ3v) is 3.82. The highest BCUT2D eigenvalue weighted by atomic mass is 16.5. The number of pyridine rings is 1. The van der Waals surface area contributed by atoms with Gasteiger partial charge in [0.2, 0.25) is 0 Å². The fourth-order valence-electron chi connectivity index (χ4n) is 2.68. The Hall–Kier alpha value is -1.66. The first-order valence-electron chi connectivity index (χ1n) is 7.71. The second-order valence-electron chi connectivity index (χ2n) is 6.15. The Kier molecular flexibility index (Phi) is 5.74. The number of carbonyl (C=O) groups is 1. The average molecular weight is 308 g/mol. The molecule has 0 saturated carbocycles. The van der Waals surface area contributed by atoms with E-state index >= 15 is 0 Å². The summed E-state index contributed by atoms with van der Waals surface area (Å²) in [5.74, 6) is -0.754. The van der Waals surface area contributed by atoms with E-state index in [2.05, 4.69) is 4.90 Å². The standard InChI is InChI=1S/C16H24N2O4/c1-12(2)9-14(16(20)21)18-11-13(3-4-15(18)19)10-17-5-7-22-8-6-17/h3-4,11-12,14H,5-10H2,1-2H3,(H,20,21). The molecule has 1 fully saturated rings. The van der Waals surface area contributed by atoms with E-state index in [1.54, 1.807) is 12.3 Å². The summed E-state index contributed by atoms with van der Waals surface area (Å²) in [5.41, 5.74) is 0.690. The number of carboxylic acid groups (broad SMARTS) is 1. The van der Waals surface area contributed by atoms with Crippen molar-refractivity contribution in [2.75, 3.05) is 26.3 Å². The van der Waals surface area contributed by atoms with Gasteiger partial charge >= 0.3 is 5.97 Å². The van der Waals surface area contributed by atoms with Gasteiger partial charge in [-0.1, -0.05) is 19.9 Å². The third kappa shape index (κ3) is 4.42. The van der Waals surface area contributed by atoms with Crippen LogP contribution in [0.1, 0.15) is 31.9 Å². The number of nitrogens with zero attached hydrogens (tertiary/aromatic N) is 2. The summed E-state index contributed by atoms with van der Waals surface area (Å²) in [6.45, 7) is 7.76.